The fraction of sp³-hybridized carbons (Fsp3) is 0.333. The highest BCUT2D eigenvalue weighted by Crippen LogP contribution is 2.33. The summed E-state index contributed by atoms with van der Waals surface area (Å²) < 4.78 is 27.3. The Kier molecular flexibility index (Phi) is 5.85. The molecule has 0 amide bonds. The van der Waals surface area contributed by atoms with Crippen LogP contribution in [0.5, 0.6) is 0 Å². The molecule has 0 aliphatic carbocycles. The van der Waals surface area contributed by atoms with Gasteiger partial charge in [-0.05, 0) is 37.6 Å². The van der Waals surface area contributed by atoms with E-state index in [1.54, 1.807) is 23.1 Å². The molecule has 3 aromatic rings. The lowest BCUT2D eigenvalue weighted by atomic mass is 10.0. The van der Waals surface area contributed by atoms with Crippen LogP contribution in [0.4, 0.5) is 20.3 Å². The summed E-state index contributed by atoms with van der Waals surface area (Å²) in [5.74, 6) is -3.46. The van der Waals surface area contributed by atoms with Gasteiger partial charge in [0.25, 0.3) is 5.92 Å². The molecule has 0 saturated carbocycles. The standard InChI is InChI=1S/C24H23F2N5O2/c1-14-11-17(15(2)28-18-6-4-3-5-16(18)23(32)33)21-19(12-14)29-20(13-27)22(30-21)31-9-7-24(25,26)8-10-31/h3-6,11-12,15,28H,7-10H2,1-2H3,(H,32,33)/t15-/m1/s1. The molecule has 0 unspecified atom stereocenters. The van der Waals surface area contributed by atoms with E-state index in [0.29, 0.717) is 22.5 Å². The first-order chi connectivity index (χ1) is 15.7. The number of carboxylic acids is 1. The monoisotopic (exact) mass is 451 g/mol. The number of aryl methyl sites for hydroxylation is 1. The third kappa shape index (κ3) is 4.55. The summed E-state index contributed by atoms with van der Waals surface area (Å²) in [6.45, 7) is 3.95. The van der Waals surface area contributed by atoms with E-state index in [9.17, 15) is 23.9 Å². The Hall–Kier alpha value is -3.80. The second kappa shape index (κ2) is 8.62. The number of carboxylic acid groups (broad SMARTS) is 1. The summed E-state index contributed by atoms with van der Waals surface area (Å²) in [6, 6.07) is 12.1. The first-order valence-electron chi connectivity index (χ1n) is 10.6. The maximum absolute atomic E-state index is 13.7. The molecule has 2 heterocycles. The zero-order valence-corrected chi connectivity index (χ0v) is 18.3. The number of aromatic carboxylic acids is 1. The van der Waals surface area contributed by atoms with Gasteiger partial charge in [0.05, 0.1) is 22.6 Å². The fourth-order valence-electron chi connectivity index (χ4n) is 4.10. The van der Waals surface area contributed by atoms with Crippen molar-refractivity contribution in [3.63, 3.8) is 0 Å². The molecule has 1 atom stereocenters. The van der Waals surface area contributed by atoms with E-state index in [2.05, 4.69) is 10.3 Å². The van der Waals surface area contributed by atoms with Crippen molar-refractivity contribution in [2.24, 2.45) is 0 Å². The van der Waals surface area contributed by atoms with E-state index in [4.69, 9.17) is 4.98 Å². The molecule has 1 aromatic heterocycles. The lowest BCUT2D eigenvalue weighted by Gasteiger charge is -2.33. The van der Waals surface area contributed by atoms with E-state index in [1.807, 2.05) is 32.0 Å². The molecule has 2 N–H and O–H groups in total. The normalized spacial score (nSPS) is 16.3. The molecular formula is C24H23F2N5O2. The topological polar surface area (TPSA) is 102 Å². The number of hydrogen-bond donors (Lipinski definition) is 2. The van der Waals surface area contributed by atoms with Gasteiger partial charge in [0.2, 0.25) is 0 Å². The highest BCUT2D eigenvalue weighted by Gasteiger charge is 2.35. The summed E-state index contributed by atoms with van der Waals surface area (Å²) in [7, 11) is 0. The molecule has 0 spiro atoms. The van der Waals surface area contributed by atoms with Crippen LogP contribution < -0.4 is 10.2 Å². The quantitative estimate of drug-likeness (QED) is 0.568. The molecule has 0 radical (unpaired) electrons. The van der Waals surface area contributed by atoms with Gasteiger partial charge in [0.1, 0.15) is 6.07 Å². The van der Waals surface area contributed by atoms with Gasteiger partial charge in [-0.3, -0.25) is 0 Å². The van der Waals surface area contributed by atoms with Crippen molar-refractivity contribution in [2.75, 3.05) is 23.3 Å². The Bertz CT molecular complexity index is 1260. The molecule has 1 fully saturated rings. The number of fused-ring (bicyclic) bond motifs is 1. The number of nitriles is 1. The van der Waals surface area contributed by atoms with E-state index in [0.717, 1.165) is 11.1 Å². The largest absolute Gasteiger partial charge is 0.478 e. The molecule has 0 bridgehead atoms. The van der Waals surface area contributed by atoms with Crippen LogP contribution in [0.2, 0.25) is 0 Å². The van der Waals surface area contributed by atoms with Crippen molar-refractivity contribution < 1.29 is 18.7 Å². The maximum Gasteiger partial charge on any atom is 0.337 e. The number of aromatic nitrogens is 2. The van der Waals surface area contributed by atoms with Gasteiger partial charge in [-0.15, -0.1) is 0 Å². The molecule has 1 aliphatic rings. The number of hydrogen-bond acceptors (Lipinski definition) is 6. The Morgan fingerprint density at radius 3 is 2.61 bits per heavy atom. The Morgan fingerprint density at radius 1 is 1.24 bits per heavy atom. The Morgan fingerprint density at radius 2 is 1.94 bits per heavy atom. The summed E-state index contributed by atoms with van der Waals surface area (Å²) in [6.07, 6.45) is -0.607. The molecule has 1 aliphatic heterocycles. The average molecular weight is 451 g/mol. The number of nitrogens with one attached hydrogen (secondary N) is 1. The third-order valence-electron chi connectivity index (χ3n) is 5.82. The Balaban J connectivity index is 1.77. The van der Waals surface area contributed by atoms with Crippen LogP contribution in [0.25, 0.3) is 11.0 Å². The van der Waals surface area contributed by atoms with Gasteiger partial charge >= 0.3 is 5.97 Å². The number of anilines is 2. The summed E-state index contributed by atoms with van der Waals surface area (Å²) >= 11 is 0. The summed E-state index contributed by atoms with van der Waals surface area (Å²) in [4.78, 5) is 22.5. The fourth-order valence-corrected chi connectivity index (χ4v) is 4.10. The lowest BCUT2D eigenvalue weighted by molar-refractivity contribution is -0.0221. The van der Waals surface area contributed by atoms with Crippen LogP contribution in [0.1, 0.15) is 53.0 Å². The van der Waals surface area contributed by atoms with Crippen LogP contribution >= 0.6 is 0 Å². The van der Waals surface area contributed by atoms with Crippen LogP contribution in [0, 0.1) is 18.3 Å². The minimum Gasteiger partial charge on any atom is -0.478 e. The molecule has 9 heteroatoms. The molecular weight excluding hydrogens is 428 g/mol. The maximum atomic E-state index is 13.7. The predicted octanol–water partition coefficient (Wildman–Crippen LogP) is 4.92. The molecule has 2 aromatic carbocycles. The van der Waals surface area contributed by atoms with Crippen LogP contribution in [0.15, 0.2) is 36.4 Å². The summed E-state index contributed by atoms with van der Waals surface area (Å²) in [5, 5.41) is 22.4. The van der Waals surface area contributed by atoms with Crippen molar-refractivity contribution in [1.82, 2.24) is 9.97 Å². The zero-order valence-electron chi connectivity index (χ0n) is 18.3. The molecule has 1 saturated heterocycles. The first kappa shape index (κ1) is 22.4. The minimum absolute atomic E-state index is 0.0862. The van der Waals surface area contributed by atoms with E-state index in [-0.39, 0.29) is 43.2 Å². The molecule has 4 rings (SSSR count). The van der Waals surface area contributed by atoms with Crippen molar-refractivity contribution in [3.05, 3.63) is 58.8 Å². The minimum atomic E-state index is -2.72. The highest BCUT2D eigenvalue weighted by molar-refractivity contribution is 5.94. The number of carbonyl (C=O) groups is 1. The van der Waals surface area contributed by atoms with Crippen molar-refractivity contribution >= 4 is 28.5 Å². The van der Waals surface area contributed by atoms with Crippen molar-refractivity contribution in [1.29, 1.82) is 5.26 Å². The number of piperidine rings is 1. The SMILES string of the molecule is Cc1cc([C@@H](C)Nc2ccccc2C(=O)O)c2nc(N3CCC(F)(F)CC3)c(C#N)nc2c1. The van der Waals surface area contributed by atoms with Crippen LogP contribution in [-0.2, 0) is 0 Å². The molecule has 7 nitrogen and oxygen atoms in total. The van der Waals surface area contributed by atoms with Gasteiger partial charge in [-0.1, -0.05) is 18.2 Å². The van der Waals surface area contributed by atoms with Crippen molar-refractivity contribution in [2.45, 2.75) is 38.7 Å². The van der Waals surface area contributed by atoms with Crippen LogP contribution in [0.3, 0.4) is 0 Å². The Labute approximate surface area is 189 Å². The summed E-state index contributed by atoms with van der Waals surface area (Å²) in [5.41, 5.74) is 3.45. The van der Waals surface area contributed by atoms with Crippen LogP contribution in [-0.4, -0.2) is 40.1 Å². The van der Waals surface area contributed by atoms with Gasteiger partial charge in [0, 0.05) is 37.2 Å². The van der Waals surface area contributed by atoms with Gasteiger partial charge in [-0.25, -0.2) is 23.5 Å². The lowest BCUT2D eigenvalue weighted by Crippen LogP contribution is -2.40. The second-order valence-electron chi connectivity index (χ2n) is 8.29. The molecule has 170 valence electrons. The van der Waals surface area contributed by atoms with Gasteiger partial charge < -0.3 is 15.3 Å². The number of halogens is 2. The van der Waals surface area contributed by atoms with E-state index in [1.165, 1.54) is 6.07 Å². The second-order valence-corrected chi connectivity index (χ2v) is 8.29. The first-order valence-corrected chi connectivity index (χ1v) is 10.6. The number of alkyl halides is 2. The van der Waals surface area contributed by atoms with Gasteiger partial charge in [0.15, 0.2) is 11.5 Å². The number of rotatable bonds is 5. The third-order valence-corrected chi connectivity index (χ3v) is 5.82. The van der Waals surface area contributed by atoms with Crippen molar-refractivity contribution in [3.8, 4) is 6.07 Å². The molecule has 33 heavy (non-hydrogen) atoms. The smallest absolute Gasteiger partial charge is 0.337 e. The highest BCUT2D eigenvalue weighted by atomic mass is 19.3. The van der Waals surface area contributed by atoms with E-state index < -0.39 is 11.9 Å². The average Bonchev–Trinajstić information content (AvgIpc) is 2.78. The van der Waals surface area contributed by atoms with E-state index >= 15 is 0 Å². The predicted molar refractivity (Wildman–Crippen MR) is 121 cm³/mol. The number of benzene rings is 2. The number of nitrogens with zero attached hydrogens (tertiary/aromatic N) is 4. The number of para-hydroxylation sites is 1. The zero-order chi connectivity index (χ0) is 23.8. The van der Waals surface area contributed by atoms with Gasteiger partial charge in [-0.2, -0.15) is 5.26 Å².